The van der Waals surface area contributed by atoms with E-state index in [-0.39, 0.29) is 5.82 Å². The highest BCUT2D eigenvalue weighted by Crippen LogP contribution is 2.38. The molecule has 4 rings (SSSR count). The first kappa shape index (κ1) is 20.1. The van der Waals surface area contributed by atoms with Crippen molar-refractivity contribution in [1.29, 1.82) is 0 Å². The molecule has 4 aromatic carbocycles. The normalized spacial score (nSPS) is 12.4. The van der Waals surface area contributed by atoms with Gasteiger partial charge in [-0.25, -0.2) is 4.39 Å². The summed E-state index contributed by atoms with van der Waals surface area (Å²) in [6.07, 6.45) is 0. The first-order valence-electron chi connectivity index (χ1n) is 10.2. The summed E-state index contributed by atoms with van der Waals surface area (Å²) in [5, 5.41) is 2.73. The van der Waals surface area contributed by atoms with Crippen LogP contribution in [0.1, 0.15) is 16.7 Å². The monoisotopic (exact) mass is 408 g/mol. The summed E-state index contributed by atoms with van der Waals surface area (Å²) in [6, 6.07) is 38.8. The van der Waals surface area contributed by atoms with Crippen molar-refractivity contribution in [3.8, 4) is 0 Å². The second kappa shape index (κ2) is 8.64. The maximum atomic E-state index is 13.8. The Morgan fingerprint density at radius 3 is 1.50 bits per heavy atom. The molecule has 2 heteroatoms. The number of halogens is 1. The zero-order valence-corrected chi connectivity index (χ0v) is 18.3. The van der Waals surface area contributed by atoms with Crippen molar-refractivity contribution in [2.24, 2.45) is 0 Å². The molecule has 0 fully saturated rings. The summed E-state index contributed by atoms with van der Waals surface area (Å²) in [6.45, 7) is 4.80. The lowest BCUT2D eigenvalue weighted by molar-refractivity contribution is 0.627. The largest absolute Gasteiger partial charge is 0.207 e. The van der Waals surface area contributed by atoms with Crippen LogP contribution in [0.15, 0.2) is 115 Å². The molecule has 0 aliphatic rings. The minimum absolute atomic E-state index is 0.216. The molecule has 4 aromatic rings. The van der Waals surface area contributed by atoms with E-state index in [1.54, 1.807) is 12.1 Å². The second-order valence-corrected chi connectivity index (χ2v) is 12.3. The maximum absolute atomic E-state index is 13.8. The van der Waals surface area contributed by atoms with Gasteiger partial charge >= 0.3 is 0 Å². The van der Waals surface area contributed by atoms with Crippen molar-refractivity contribution in [2.45, 2.75) is 13.1 Å². The van der Waals surface area contributed by atoms with Gasteiger partial charge in [0.25, 0.3) is 0 Å². The average molecular weight is 409 g/mol. The highest BCUT2D eigenvalue weighted by atomic mass is 28.3. The Labute approximate surface area is 179 Å². The van der Waals surface area contributed by atoms with Crippen molar-refractivity contribution in [1.82, 2.24) is 0 Å². The lowest BCUT2D eigenvalue weighted by Crippen LogP contribution is -2.43. The van der Waals surface area contributed by atoms with E-state index in [9.17, 15) is 4.39 Å². The molecular formula is C28H25FSi. The predicted molar refractivity (Wildman–Crippen MR) is 129 cm³/mol. The van der Waals surface area contributed by atoms with Gasteiger partial charge in [-0.3, -0.25) is 0 Å². The van der Waals surface area contributed by atoms with E-state index in [1.165, 1.54) is 21.5 Å². The number of benzene rings is 4. The van der Waals surface area contributed by atoms with Crippen LogP contribution in [0.3, 0.4) is 0 Å². The molecule has 0 nitrogen and oxygen atoms in total. The van der Waals surface area contributed by atoms with Crippen molar-refractivity contribution in [2.75, 3.05) is 0 Å². The highest BCUT2D eigenvalue weighted by Gasteiger charge is 2.32. The first-order chi connectivity index (χ1) is 14.6. The Bertz CT molecular complexity index is 1130. The van der Waals surface area contributed by atoms with E-state index in [0.717, 1.165) is 11.1 Å². The van der Waals surface area contributed by atoms with Gasteiger partial charge in [-0.1, -0.05) is 121 Å². The van der Waals surface area contributed by atoms with Crippen LogP contribution in [-0.4, -0.2) is 8.07 Å². The fourth-order valence-electron chi connectivity index (χ4n) is 4.10. The zero-order chi connectivity index (χ0) is 21.0. The number of rotatable bonds is 5. The molecule has 0 heterocycles. The summed E-state index contributed by atoms with van der Waals surface area (Å²) >= 11 is 0. The average Bonchev–Trinajstić information content (AvgIpc) is 2.80. The molecular weight excluding hydrogens is 383 g/mol. The third kappa shape index (κ3) is 4.05. The van der Waals surface area contributed by atoms with Crippen LogP contribution in [-0.2, 0) is 0 Å². The third-order valence-electron chi connectivity index (χ3n) is 5.63. The Hall–Kier alpha value is -3.23. The van der Waals surface area contributed by atoms with Gasteiger partial charge in [0.15, 0.2) is 0 Å². The quantitative estimate of drug-likeness (QED) is 0.248. The number of hydrogen-bond donors (Lipinski definition) is 0. The summed E-state index contributed by atoms with van der Waals surface area (Å²) in [4.78, 5) is 0. The van der Waals surface area contributed by atoms with Crippen molar-refractivity contribution >= 4 is 24.0 Å². The van der Waals surface area contributed by atoms with E-state index in [1.807, 2.05) is 18.2 Å². The SMILES string of the molecule is C[Si](C)(/C(=C(/c1ccccc1)c1ccc(F)cc1)c1ccccc1)c1ccccc1. The molecule has 0 N–H and O–H groups in total. The molecule has 0 atom stereocenters. The molecule has 0 aliphatic heterocycles. The van der Waals surface area contributed by atoms with E-state index < -0.39 is 8.07 Å². The van der Waals surface area contributed by atoms with Crippen LogP contribution in [0, 0.1) is 5.82 Å². The van der Waals surface area contributed by atoms with Crippen LogP contribution in [0.4, 0.5) is 4.39 Å². The van der Waals surface area contributed by atoms with Gasteiger partial charge in [0.05, 0.1) is 0 Å². The van der Waals surface area contributed by atoms with E-state index in [0.29, 0.717) is 0 Å². The van der Waals surface area contributed by atoms with Crippen molar-refractivity contribution in [3.05, 3.63) is 138 Å². The van der Waals surface area contributed by atoms with Gasteiger partial charge in [0.1, 0.15) is 13.9 Å². The standard InChI is InChI=1S/C28H25FSi/c1-30(2,26-16-10-5-11-17-26)28(24-14-8-4-9-15-24)27(22-12-6-3-7-13-22)23-18-20-25(29)21-19-23/h3-21H,1-2H3/b28-27-. The summed E-state index contributed by atoms with van der Waals surface area (Å²) in [5.74, 6) is -0.216. The highest BCUT2D eigenvalue weighted by molar-refractivity contribution is 7.05. The molecule has 0 bridgehead atoms. The second-order valence-electron chi connectivity index (χ2n) is 7.98. The fourth-order valence-corrected chi connectivity index (χ4v) is 7.21. The number of hydrogen-bond acceptors (Lipinski definition) is 0. The van der Waals surface area contributed by atoms with Crippen LogP contribution in [0.2, 0.25) is 13.1 Å². The first-order valence-corrected chi connectivity index (χ1v) is 13.2. The molecule has 0 amide bonds. The lowest BCUT2D eigenvalue weighted by Gasteiger charge is -2.31. The topological polar surface area (TPSA) is 0 Å². The maximum Gasteiger partial charge on any atom is 0.123 e. The van der Waals surface area contributed by atoms with Gasteiger partial charge in [0.2, 0.25) is 0 Å². The van der Waals surface area contributed by atoms with E-state index in [4.69, 9.17) is 0 Å². The van der Waals surface area contributed by atoms with E-state index >= 15 is 0 Å². The molecule has 0 radical (unpaired) electrons. The lowest BCUT2D eigenvalue weighted by atomic mass is 9.95. The van der Waals surface area contributed by atoms with Gasteiger partial charge in [-0.15, -0.1) is 0 Å². The van der Waals surface area contributed by atoms with Crippen LogP contribution >= 0.6 is 0 Å². The summed E-state index contributed by atoms with van der Waals surface area (Å²) in [5.41, 5.74) is 4.60. The van der Waals surface area contributed by atoms with Crippen LogP contribution < -0.4 is 5.19 Å². The Morgan fingerprint density at radius 2 is 0.967 bits per heavy atom. The molecule has 30 heavy (non-hydrogen) atoms. The molecule has 0 saturated heterocycles. The molecule has 0 aliphatic carbocycles. The van der Waals surface area contributed by atoms with Gasteiger partial charge in [-0.05, 0) is 39.6 Å². The van der Waals surface area contributed by atoms with Gasteiger partial charge in [-0.2, -0.15) is 0 Å². The molecule has 0 saturated carbocycles. The Balaban J connectivity index is 2.10. The molecule has 0 aromatic heterocycles. The zero-order valence-electron chi connectivity index (χ0n) is 17.3. The van der Waals surface area contributed by atoms with Crippen LogP contribution in [0.25, 0.3) is 10.8 Å². The smallest absolute Gasteiger partial charge is 0.123 e. The third-order valence-corrected chi connectivity index (χ3v) is 9.19. The molecule has 0 unspecified atom stereocenters. The van der Waals surface area contributed by atoms with Gasteiger partial charge in [0, 0.05) is 0 Å². The minimum Gasteiger partial charge on any atom is -0.207 e. The van der Waals surface area contributed by atoms with Gasteiger partial charge < -0.3 is 0 Å². The molecule has 148 valence electrons. The van der Waals surface area contributed by atoms with E-state index in [2.05, 4.69) is 98.0 Å². The Morgan fingerprint density at radius 1 is 0.533 bits per heavy atom. The predicted octanol–water partition coefficient (Wildman–Crippen LogP) is 6.94. The minimum atomic E-state index is -2.11. The van der Waals surface area contributed by atoms with Crippen molar-refractivity contribution < 1.29 is 4.39 Å². The summed E-state index contributed by atoms with van der Waals surface area (Å²) < 4.78 is 13.8. The summed E-state index contributed by atoms with van der Waals surface area (Å²) in [7, 11) is -2.11. The van der Waals surface area contributed by atoms with Crippen LogP contribution in [0.5, 0.6) is 0 Å². The van der Waals surface area contributed by atoms with Crippen molar-refractivity contribution in [3.63, 3.8) is 0 Å². The molecule has 0 spiro atoms. The Kier molecular flexibility index (Phi) is 5.78. The fraction of sp³-hybridized carbons (Fsp3) is 0.0714.